The van der Waals surface area contributed by atoms with Gasteiger partial charge < -0.3 is 15.6 Å². The summed E-state index contributed by atoms with van der Waals surface area (Å²) in [6, 6.07) is 10.5. The van der Waals surface area contributed by atoms with E-state index >= 15 is 0 Å². The van der Waals surface area contributed by atoms with E-state index in [0.717, 1.165) is 11.3 Å². The van der Waals surface area contributed by atoms with Gasteiger partial charge in [0.15, 0.2) is 0 Å². The molecule has 1 aromatic carbocycles. The molecule has 1 heterocycles. The molecule has 0 amide bonds. The first-order valence-corrected chi connectivity index (χ1v) is 5.33. The van der Waals surface area contributed by atoms with Gasteiger partial charge >= 0.3 is 0 Å². The topological polar surface area (TPSA) is 68.4 Å². The maximum absolute atomic E-state index is 9.27. The van der Waals surface area contributed by atoms with Crippen LogP contribution in [0.2, 0.25) is 0 Å². The average Bonchev–Trinajstić information content (AvgIpc) is 2.37. The Hall–Kier alpha value is -2.07. The molecule has 1 aromatic heterocycles. The number of hydrogen-bond donors (Lipinski definition) is 2. The molecule has 0 saturated carbocycles. The number of ether oxygens (including phenoxy) is 1. The second-order valence-electron chi connectivity index (χ2n) is 3.65. The number of phenols is 1. The highest BCUT2D eigenvalue weighted by Crippen LogP contribution is 2.18. The molecule has 17 heavy (non-hydrogen) atoms. The molecule has 0 bridgehead atoms. The Balaban J connectivity index is 1.97. The van der Waals surface area contributed by atoms with Crippen molar-refractivity contribution in [1.82, 2.24) is 4.98 Å². The van der Waals surface area contributed by atoms with Gasteiger partial charge in [0.05, 0.1) is 5.69 Å². The Morgan fingerprint density at radius 2 is 2.12 bits per heavy atom. The van der Waals surface area contributed by atoms with Crippen molar-refractivity contribution in [2.45, 2.75) is 13.2 Å². The Labute approximate surface area is 99.7 Å². The number of hydrogen-bond acceptors (Lipinski definition) is 4. The van der Waals surface area contributed by atoms with E-state index in [4.69, 9.17) is 10.5 Å². The van der Waals surface area contributed by atoms with Crippen molar-refractivity contribution in [2.75, 3.05) is 0 Å². The summed E-state index contributed by atoms with van der Waals surface area (Å²) >= 11 is 0. The maximum Gasteiger partial charge on any atom is 0.123 e. The monoisotopic (exact) mass is 230 g/mol. The molecule has 0 spiro atoms. The van der Waals surface area contributed by atoms with Crippen LogP contribution in [0.1, 0.15) is 11.3 Å². The SMILES string of the molecule is NCc1ccc(COc2cccc(O)c2)cn1. The standard InChI is InChI=1S/C13H14N2O2/c14-7-11-5-4-10(8-15-11)9-17-13-3-1-2-12(16)6-13/h1-6,8,16H,7,9,14H2. The fourth-order valence-corrected chi connectivity index (χ4v) is 1.40. The number of nitrogens with two attached hydrogens (primary N) is 1. The van der Waals surface area contributed by atoms with Crippen LogP contribution < -0.4 is 10.5 Å². The van der Waals surface area contributed by atoms with Gasteiger partial charge in [0.2, 0.25) is 0 Å². The Morgan fingerprint density at radius 3 is 2.76 bits per heavy atom. The zero-order valence-corrected chi connectivity index (χ0v) is 9.34. The van der Waals surface area contributed by atoms with E-state index in [-0.39, 0.29) is 5.75 Å². The molecule has 0 aliphatic rings. The first-order chi connectivity index (χ1) is 8.28. The second kappa shape index (κ2) is 5.32. The van der Waals surface area contributed by atoms with Crippen molar-refractivity contribution < 1.29 is 9.84 Å². The summed E-state index contributed by atoms with van der Waals surface area (Å²) in [5, 5.41) is 9.27. The van der Waals surface area contributed by atoms with Gasteiger partial charge in [-0.05, 0) is 18.2 Å². The Kier molecular flexibility index (Phi) is 3.57. The quantitative estimate of drug-likeness (QED) is 0.840. The molecule has 4 nitrogen and oxygen atoms in total. The van der Waals surface area contributed by atoms with Gasteiger partial charge in [-0.15, -0.1) is 0 Å². The van der Waals surface area contributed by atoms with Crippen LogP contribution in [0.4, 0.5) is 0 Å². The lowest BCUT2D eigenvalue weighted by atomic mass is 10.2. The Bertz CT molecular complexity index is 483. The van der Waals surface area contributed by atoms with Crippen molar-refractivity contribution in [1.29, 1.82) is 0 Å². The van der Waals surface area contributed by atoms with E-state index in [9.17, 15) is 5.11 Å². The third-order valence-corrected chi connectivity index (χ3v) is 2.32. The molecule has 0 fully saturated rings. The molecule has 0 unspecified atom stereocenters. The minimum atomic E-state index is 0.194. The molecule has 4 heteroatoms. The van der Waals surface area contributed by atoms with Crippen molar-refractivity contribution >= 4 is 0 Å². The predicted molar refractivity (Wildman–Crippen MR) is 64.6 cm³/mol. The lowest BCUT2D eigenvalue weighted by Gasteiger charge is -2.06. The van der Waals surface area contributed by atoms with Gasteiger partial charge in [-0.2, -0.15) is 0 Å². The fraction of sp³-hybridized carbons (Fsp3) is 0.154. The number of aromatic hydroxyl groups is 1. The van der Waals surface area contributed by atoms with Crippen molar-refractivity contribution in [3.8, 4) is 11.5 Å². The van der Waals surface area contributed by atoms with E-state index in [1.165, 1.54) is 0 Å². The van der Waals surface area contributed by atoms with Crippen LogP contribution in [0.25, 0.3) is 0 Å². The number of aromatic nitrogens is 1. The molecule has 0 aliphatic heterocycles. The number of rotatable bonds is 4. The first kappa shape index (κ1) is 11.4. The van der Waals surface area contributed by atoms with Crippen LogP contribution >= 0.6 is 0 Å². The largest absolute Gasteiger partial charge is 0.508 e. The highest BCUT2D eigenvalue weighted by molar-refractivity contribution is 5.31. The van der Waals surface area contributed by atoms with E-state index in [2.05, 4.69) is 4.98 Å². The molecule has 0 atom stereocenters. The molecule has 0 saturated heterocycles. The lowest BCUT2D eigenvalue weighted by Crippen LogP contribution is -2.01. The van der Waals surface area contributed by atoms with E-state index < -0.39 is 0 Å². The summed E-state index contributed by atoms with van der Waals surface area (Å²) in [6.45, 7) is 0.856. The fourth-order valence-electron chi connectivity index (χ4n) is 1.40. The van der Waals surface area contributed by atoms with E-state index in [1.807, 2.05) is 12.1 Å². The summed E-state index contributed by atoms with van der Waals surface area (Å²) in [6.07, 6.45) is 1.74. The molecule has 0 aliphatic carbocycles. The minimum Gasteiger partial charge on any atom is -0.508 e. The van der Waals surface area contributed by atoms with Crippen molar-refractivity contribution in [3.05, 3.63) is 53.9 Å². The predicted octanol–water partition coefficient (Wildman–Crippen LogP) is 1.82. The summed E-state index contributed by atoms with van der Waals surface area (Å²) < 4.78 is 5.52. The van der Waals surface area contributed by atoms with Crippen LogP contribution in [0, 0.1) is 0 Å². The van der Waals surface area contributed by atoms with Crippen LogP contribution in [0.3, 0.4) is 0 Å². The normalized spacial score (nSPS) is 10.2. The zero-order valence-electron chi connectivity index (χ0n) is 9.34. The summed E-state index contributed by atoms with van der Waals surface area (Å²) in [5.41, 5.74) is 7.28. The third kappa shape index (κ3) is 3.19. The van der Waals surface area contributed by atoms with Gasteiger partial charge in [-0.1, -0.05) is 12.1 Å². The molecule has 0 radical (unpaired) electrons. The van der Waals surface area contributed by atoms with Gasteiger partial charge in [-0.3, -0.25) is 4.98 Å². The van der Waals surface area contributed by atoms with Gasteiger partial charge in [0.25, 0.3) is 0 Å². The number of pyridine rings is 1. The van der Waals surface area contributed by atoms with E-state index in [0.29, 0.717) is 18.9 Å². The van der Waals surface area contributed by atoms with Gasteiger partial charge in [0, 0.05) is 24.4 Å². The van der Waals surface area contributed by atoms with Crippen LogP contribution in [-0.4, -0.2) is 10.1 Å². The van der Waals surface area contributed by atoms with Crippen molar-refractivity contribution in [2.24, 2.45) is 5.73 Å². The van der Waals surface area contributed by atoms with Crippen LogP contribution in [0.15, 0.2) is 42.6 Å². The number of benzene rings is 1. The van der Waals surface area contributed by atoms with Crippen LogP contribution in [-0.2, 0) is 13.2 Å². The molecule has 2 rings (SSSR count). The highest BCUT2D eigenvalue weighted by Gasteiger charge is 1.98. The summed E-state index contributed by atoms with van der Waals surface area (Å²) in [4.78, 5) is 4.17. The maximum atomic E-state index is 9.27. The van der Waals surface area contributed by atoms with Crippen molar-refractivity contribution in [3.63, 3.8) is 0 Å². The number of nitrogens with zero attached hydrogens (tertiary/aromatic N) is 1. The zero-order chi connectivity index (χ0) is 12.1. The highest BCUT2D eigenvalue weighted by atomic mass is 16.5. The third-order valence-electron chi connectivity index (χ3n) is 2.32. The smallest absolute Gasteiger partial charge is 0.123 e. The molecule has 88 valence electrons. The minimum absolute atomic E-state index is 0.194. The van der Waals surface area contributed by atoms with Gasteiger partial charge in [-0.25, -0.2) is 0 Å². The van der Waals surface area contributed by atoms with E-state index in [1.54, 1.807) is 30.5 Å². The number of phenolic OH excluding ortho intramolecular Hbond substituents is 1. The first-order valence-electron chi connectivity index (χ1n) is 5.33. The molecular formula is C13H14N2O2. The average molecular weight is 230 g/mol. The van der Waals surface area contributed by atoms with Crippen LogP contribution in [0.5, 0.6) is 11.5 Å². The lowest BCUT2D eigenvalue weighted by molar-refractivity contribution is 0.304. The second-order valence-corrected chi connectivity index (χ2v) is 3.65. The summed E-state index contributed by atoms with van der Waals surface area (Å²) in [5.74, 6) is 0.826. The van der Waals surface area contributed by atoms with Gasteiger partial charge in [0.1, 0.15) is 18.1 Å². The molecular weight excluding hydrogens is 216 g/mol. The summed E-state index contributed by atoms with van der Waals surface area (Å²) in [7, 11) is 0. The Morgan fingerprint density at radius 1 is 1.24 bits per heavy atom. The molecule has 2 aromatic rings. The molecule has 3 N–H and O–H groups in total.